The standard InChI is InChI=1S/C23H41I/c1-5-15-22(4,16-14-17(2)3)23(24)20-12-8-6-10-18(20)19-11-7-9-13-21(19)23/h17-21H,5-16H2,1-4H3. The molecule has 24 heavy (non-hydrogen) atoms. The molecule has 5 atom stereocenters. The first-order valence-electron chi connectivity index (χ1n) is 11.1. The molecule has 5 unspecified atom stereocenters. The summed E-state index contributed by atoms with van der Waals surface area (Å²) in [6.45, 7) is 9.99. The van der Waals surface area contributed by atoms with Gasteiger partial charge >= 0.3 is 0 Å². The summed E-state index contributed by atoms with van der Waals surface area (Å²) in [5, 5.41) is 0. The summed E-state index contributed by atoms with van der Waals surface area (Å²) in [7, 11) is 0. The van der Waals surface area contributed by atoms with E-state index in [2.05, 4.69) is 50.3 Å². The predicted octanol–water partition coefficient (Wildman–Crippen LogP) is 8.03. The molecule has 0 aromatic carbocycles. The summed E-state index contributed by atoms with van der Waals surface area (Å²) >= 11 is 3.08. The third kappa shape index (κ3) is 3.22. The normalized spacial score (nSPS) is 41.8. The zero-order valence-electron chi connectivity index (χ0n) is 16.7. The lowest BCUT2D eigenvalue weighted by Gasteiger charge is -2.52. The Morgan fingerprint density at radius 2 is 1.42 bits per heavy atom. The fourth-order valence-corrected chi connectivity index (χ4v) is 9.31. The van der Waals surface area contributed by atoms with E-state index in [0.29, 0.717) is 8.84 Å². The van der Waals surface area contributed by atoms with Gasteiger partial charge in [0.25, 0.3) is 0 Å². The van der Waals surface area contributed by atoms with Crippen molar-refractivity contribution >= 4 is 22.6 Å². The summed E-state index contributed by atoms with van der Waals surface area (Å²) in [6, 6.07) is 0. The Kier molecular flexibility index (Phi) is 6.31. The van der Waals surface area contributed by atoms with E-state index < -0.39 is 0 Å². The van der Waals surface area contributed by atoms with Crippen molar-refractivity contribution in [2.24, 2.45) is 35.0 Å². The number of rotatable bonds is 6. The van der Waals surface area contributed by atoms with Gasteiger partial charge in [-0.1, -0.05) is 88.8 Å². The van der Waals surface area contributed by atoms with E-state index in [9.17, 15) is 0 Å². The Morgan fingerprint density at radius 3 is 1.88 bits per heavy atom. The van der Waals surface area contributed by atoms with Crippen LogP contribution in [0.2, 0.25) is 0 Å². The zero-order valence-corrected chi connectivity index (χ0v) is 18.9. The maximum atomic E-state index is 3.08. The lowest BCUT2D eigenvalue weighted by atomic mass is 9.60. The molecule has 0 aliphatic heterocycles. The van der Waals surface area contributed by atoms with Crippen molar-refractivity contribution in [1.82, 2.24) is 0 Å². The van der Waals surface area contributed by atoms with Gasteiger partial charge in [-0.3, -0.25) is 0 Å². The van der Waals surface area contributed by atoms with Crippen LogP contribution in [0.1, 0.15) is 105 Å². The molecule has 0 spiro atoms. The molecule has 3 saturated carbocycles. The number of halogens is 1. The minimum absolute atomic E-state index is 0.559. The third-order valence-electron chi connectivity index (χ3n) is 8.27. The van der Waals surface area contributed by atoms with Gasteiger partial charge in [-0.2, -0.15) is 0 Å². The van der Waals surface area contributed by atoms with Crippen LogP contribution in [-0.4, -0.2) is 3.42 Å². The number of hydrogen-bond acceptors (Lipinski definition) is 0. The Balaban J connectivity index is 1.95. The van der Waals surface area contributed by atoms with E-state index in [1.54, 1.807) is 25.7 Å². The molecular weight excluding hydrogens is 403 g/mol. The van der Waals surface area contributed by atoms with Gasteiger partial charge in [-0.05, 0) is 73.5 Å². The van der Waals surface area contributed by atoms with Gasteiger partial charge in [0.05, 0.1) is 0 Å². The first kappa shape index (κ1) is 19.5. The van der Waals surface area contributed by atoms with Gasteiger partial charge in [-0.25, -0.2) is 0 Å². The lowest BCUT2D eigenvalue weighted by molar-refractivity contribution is 0.0912. The molecule has 0 amide bonds. The van der Waals surface area contributed by atoms with Crippen molar-refractivity contribution < 1.29 is 0 Å². The number of hydrogen-bond donors (Lipinski definition) is 0. The molecule has 0 saturated heterocycles. The summed E-state index contributed by atoms with van der Waals surface area (Å²) in [6.07, 6.45) is 18.0. The van der Waals surface area contributed by atoms with Crippen molar-refractivity contribution in [3.05, 3.63) is 0 Å². The average Bonchev–Trinajstić information content (AvgIpc) is 2.85. The molecule has 0 heterocycles. The van der Waals surface area contributed by atoms with Gasteiger partial charge in [-0.15, -0.1) is 0 Å². The van der Waals surface area contributed by atoms with Crippen LogP contribution >= 0.6 is 22.6 Å². The summed E-state index contributed by atoms with van der Waals surface area (Å²) in [5.74, 6) is 5.08. The quantitative estimate of drug-likeness (QED) is 0.287. The van der Waals surface area contributed by atoms with Crippen LogP contribution in [-0.2, 0) is 0 Å². The Hall–Kier alpha value is 0.730. The number of fused-ring (bicyclic) bond motifs is 3. The molecule has 3 aliphatic carbocycles. The van der Waals surface area contributed by atoms with Gasteiger partial charge in [0.1, 0.15) is 0 Å². The molecule has 0 N–H and O–H groups in total. The third-order valence-corrected chi connectivity index (χ3v) is 11.2. The molecule has 1 heteroatoms. The fraction of sp³-hybridized carbons (Fsp3) is 1.00. The highest BCUT2D eigenvalue weighted by Crippen LogP contribution is 2.69. The maximum Gasteiger partial charge on any atom is 0.0337 e. The first-order valence-corrected chi connectivity index (χ1v) is 12.2. The summed E-state index contributed by atoms with van der Waals surface area (Å²) in [5.41, 5.74) is 0.559. The lowest BCUT2D eigenvalue weighted by Crippen LogP contribution is -2.50. The summed E-state index contributed by atoms with van der Waals surface area (Å²) in [4.78, 5) is 0. The minimum atomic E-state index is 0.559. The van der Waals surface area contributed by atoms with Crippen LogP contribution in [0.3, 0.4) is 0 Å². The van der Waals surface area contributed by atoms with Gasteiger partial charge in [0.15, 0.2) is 0 Å². The highest BCUT2D eigenvalue weighted by molar-refractivity contribution is 14.1. The van der Waals surface area contributed by atoms with Crippen LogP contribution in [0.5, 0.6) is 0 Å². The maximum absolute atomic E-state index is 3.08. The topological polar surface area (TPSA) is 0 Å². The molecule has 0 bridgehead atoms. The van der Waals surface area contributed by atoms with Gasteiger partial charge in [0.2, 0.25) is 0 Å². The Labute approximate surface area is 165 Å². The SMILES string of the molecule is CCCC(C)(CCC(C)C)C1(I)C2CCCCC2C2CCCCC21. The molecule has 3 rings (SSSR count). The Morgan fingerprint density at radius 1 is 0.917 bits per heavy atom. The molecular formula is C23H41I. The largest absolute Gasteiger partial charge is 0.0776 e. The first-order chi connectivity index (χ1) is 11.4. The van der Waals surface area contributed by atoms with Crippen molar-refractivity contribution in [2.45, 2.75) is 108 Å². The molecule has 0 radical (unpaired) electrons. The van der Waals surface area contributed by atoms with Crippen molar-refractivity contribution in [2.75, 3.05) is 0 Å². The second-order valence-electron chi connectivity index (χ2n) is 10.1. The molecule has 0 nitrogen and oxygen atoms in total. The average molecular weight is 444 g/mol. The van der Waals surface area contributed by atoms with E-state index in [1.165, 1.54) is 51.4 Å². The van der Waals surface area contributed by atoms with E-state index >= 15 is 0 Å². The highest BCUT2D eigenvalue weighted by Gasteiger charge is 2.64. The smallest absolute Gasteiger partial charge is 0.0337 e. The van der Waals surface area contributed by atoms with Crippen LogP contribution in [0.25, 0.3) is 0 Å². The number of alkyl halides is 1. The molecule has 0 aromatic heterocycles. The van der Waals surface area contributed by atoms with Gasteiger partial charge in [0, 0.05) is 3.42 Å². The van der Waals surface area contributed by atoms with Crippen LogP contribution in [0.15, 0.2) is 0 Å². The second-order valence-corrected chi connectivity index (χ2v) is 11.9. The fourth-order valence-electron chi connectivity index (χ4n) is 7.22. The van der Waals surface area contributed by atoms with Crippen molar-refractivity contribution in [3.8, 4) is 0 Å². The molecule has 3 fully saturated rings. The molecule has 3 aliphatic rings. The van der Waals surface area contributed by atoms with E-state index in [1.807, 2.05) is 0 Å². The Bertz CT molecular complexity index is 392. The van der Waals surface area contributed by atoms with E-state index in [0.717, 1.165) is 29.6 Å². The van der Waals surface area contributed by atoms with Crippen molar-refractivity contribution in [1.29, 1.82) is 0 Å². The molecule has 0 aromatic rings. The van der Waals surface area contributed by atoms with Gasteiger partial charge < -0.3 is 0 Å². The monoisotopic (exact) mass is 444 g/mol. The highest BCUT2D eigenvalue weighted by atomic mass is 127. The molecule has 140 valence electrons. The minimum Gasteiger partial charge on any atom is -0.0776 e. The predicted molar refractivity (Wildman–Crippen MR) is 115 cm³/mol. The van der Waals surface area contributed by atoms with E-state index in [-0.39, 0.29) is 0 Å². The zero-order chi connectivity index (χ0) is 17.4. The second kappa shape index (κ2) is 7.77. The van der Waals surface area contributed by atoms with Crippen molar-refractivity contribution in [3.63, 3.8) is 0 Å². The van der Waals surface area contributed by atoms with E-state index in [4.69, 9.17) is 0 Å². The van der Waals surface area contributed by atoms with Crippen LogP contribution < -0.4 is 0 Å². The van der Waals surface area contributed by atoms with Crippen LogP contribution in [0.4, 0.5) is 0 Å². The van der Waals surface area contributed by atoms with Crippen LogP contribution in [0, 0.1) is 35.0 Å². The summed E-state index contributed by atoms with van der Waals surface area (Å²) < 4.78 is 0.589.